The number of nitrogen functional groups attached to an aromatic ring is 1. The van der Waals surface area contributed by atoms with E-state index in [0.29, 0.717) is 11.6 Å². The smallest absolute Gasteiger partial charge is 0.190 e. The van der Waals surface area contributed by atoms with Gasteiger partial charge in [-0.15, -0.1) is 5.10 Å². The molecule has 0 bridgehead atoms. The van der Waals surface area contributed by atoms with Gasteiger partial charge in [0, 0.05) is 36.6 Å². The second-order valence-corrected chi connectivity index (χ2v) is 8.43. The number of tetrazole rings is 1. The Bertz CT molecular complexity index is 1290. The number of nitrogens with two attached hydrogens (primary N) is 1. The molecule has 0 saturated carbocycles. The van der Waals surface area contributed by atoms with Crippen LogP contribution in [-0.4, -0.2) is 59.5 Å². The van der Waals surface area contributed by atoms with Gasteiger partial charge in [-0.05, 0) is 54.4 Å². The normalized spacial score (nSPS) is 15.1. The maximum Gasteiger partial charge on any atom is 0.190 e. The summed E-state index contributed by atoms with van der Waals surface area (Å²) in [4.78, 5) is 6.78. The third-order valence-corrected chi connectivity index (χ3v) is 6.19. The average Bonchev–Trinajstić information content (AvgIpc) is 3.52. The van der Waals surface area contributed by atoms with E-state index < -0.39 is 11.6 Å². The SMILES string of the molecule is CCCN1CCC(n2cc(-c3cnc(N)c(-c4nnnn4-c4cccc(F)c4F)c3)cn2)CC1. The van der Waals surface area contributed by atoms with Crippen LogP contribution in [0.4, 0.5) is 14.6 Å². The van der Waals surface area contributed by atoms with Crippen molar-refractivity contribution in [3.63, 3.8) is 0 Å². The zero-order chi connectivity index (χ0) is 23.7. The second kappa shape index (κ2) is 9.26. The van der Waals surface area contributed by atoms with Gasteiger partial charge < -0.3 is 10.6 Å². The Labute approximate surface area is 195 Å². The Hall–Kier alpha value is -3.73. The molecule has 4 aromatic rings. The molecule has 0 amide bonds. The lowest BCUT2D eigenvalue weighted by Gasteiger charge is -2.31. The molecule has 2 N–H and O–H groups in total. The van der Waals surface area contributed by atoms with Gasteiger partial charge in [0.25, 0.3) is 0 Å². The number of hydrogen-bond acceptors (Lipinski definition) is 7. The van der Waals surface area contributed by atoms with Crippen LogP contribution in [0.2, 0.25) is 0 Å². The lowest BCUT2D eigenvalue weighted by molar-refractivity contribution is 0.180. The quantitative estimate of drug-likeness (QED) is 0.465. The van der Waals surface area contributed by atoms with Crippen LogP contribution < -0.4 is 5.73 Å². The molecule has 0 radical (unpaired) electrons. The van der Waals surface area contributed by atoms with E-state index in [9.17, 15) is 8.78 Å². The molecule has 5 rings (SSSR count). The van der Waals surface area contributed by atoms with Gasteiger partial charge in [-0.2, -0.15) is 9.78 Å². The lowest BCUT2D eigenvalue weighted by atomic mass is 10.0. The van der Waals surface area contributed by atoms with Crippen LogP contribution in [0.3, 0.4) is 0 Å². The monoisotopic (exact) mass is 465 g/mol. The van der Waals surface area contributed by atoms with Gasteiger partial charge in [0.15, 0.2) is 17.5 Å². The molecule has 1 aliphatic rings. The largest absolute Gasteiger partial charge is 0.383 e. The van der Waals surface area contributed by atoms with E-state index in [2.05, 4.69) is 37.4 Å². The van der Waals surface area contributed by atoms with Crippen molar-refractivity contribution in [2.45, 2.75) is 32.2 Å². The van der Waals surface area contributed by atoms with E-state index in [1.54, 1.807) is 18.5 Å². The number of aromatic nitrogens is 7. The highest BCUT2D eigenvalue weighted by Gasteiger charge is 2.22. The molecule has 176 valence electrons. The molecule has 1 saturated heterocycles. The van der Waals surface area contributed by atoms with Crippen LogP contribution in [0.15, 0.2) is 42.9 Å². The van der Waals surface area contributed by atoms with Crippen molar-refractivity contribution < 1.29 is 8.78 Å². The molecular weight excluding hydrogens is 440 g/mol. The molecular formula is C23H25F2N9. The highest BCUT2D eigenvalue weighted by atomic mass is 19.2. The third-order valence-electron chi connectivity index (χ3n) is 6.19. The first kappa shape index (κ1) is 22.1. The molecule has 0 unspecified atom stereocenters. The molecule has 9 nitrogen and oxygen atoms in total. The van der Waals surface area contributed by atoms with Gasteiger partial charge in [-0.1, -0.05) is 13.0 Å². The van der Waals surface area contributed by atoms with Crippen LogP contribution in [0.1, 0.15) is 32.2 Å². The molecule has 3 aromatic heterocycles. The number of halogens is 2. The van der Waals surface area contributed by atoms with Crippen molar-refractivity contribution in [1.82, 2.24) is 39.9 Å². The van der Waals surface area contributed by atoms with Crippen LogP contribution in [0.25, 0.3) is 28.2 Å². The fourth-order valence-corrected chi connectivity index (χ4v) is 4.40. The van der Waals surface area contributed by atoms with Gasteiger partial charge in [0.2, 0.25) is 0 Å². The molecule has 11 heteroatoms. The zero-order valence-corrected chi connectivity index (χ0v) is 18.8. The minimum absolute atomic E-state index is 0.118. The Kier molecular flexibility index (Phi) is 6.01. The van der Waals surface area contributed by atoms with E-state index in [-0.39, 0.29) is 17.3 Å². The molecule has 0 atom stereocenters. The number of pyridine rings is 1. The van der Waals surface area contributed by atoms with Crippen LogP contribution in [-0.2, 0) is 0 Å². The van der Waals surface area contributed by atoms with Gasteiger partial charge in [0.05, 0.1) is 17.8 Å². The van der Waals surface area contributed by atoms with Gasteiger partial charge >= 0.3 is 0 Å². The summed E-state index contributed by atoms with van der Waals surface area (Å²) in [6.07, 6.45) is 8.73. The van der Waals surface area contributed by atoms with Crippen LogP contribution in [0, 0.1) is 11.6 Å². The van der Waals surface area contributed by atoms with E-state index in [0.717, 1.165) is 60.8 Å². The predicted octanol–water partition coefficient (Wildman–Crippen LogP) is 3.50. The first-order valence-electron chi connectivity index (χ1n) is 11.3. The molecule has 1 aromatic carbocycles. The summed E-state index contributed by atoms with van der Waals surface area (Å²) in [7, 11) is 0. The number of anilines is 1. The van der Waals surface area contributed by atoms with Crippen molar-refractivity contribution in [2.24, 2.45) is 0 Å². The van der Waals surface area contributed by atoms with Gasteiger partial charge in [0.1, 0.15) is 11.5 Å². The summed E-state index contributed by atoms with van der Waals surface area (Å²) in [5.74, 6) is -1.71. The minimum Gasteiger partial charge on any atom is -0.383 e. The van der Waals surface area contributed by atoms with E-state index >= 15 is 0 Å². The van der Waals surface area contributed by atoms with Crippen LogP contribution >= 0.6 is 0 Å². The Morgan fingerprint density at radius 3 is 2.74 bits per heavy atom. The molecule has 34 heavy (non-hydrogen) atoms. The van der Waals surface area contributed by atoms with E-state index in [1.807, 2.05) is 10.9 Å². The van der Waals surface area contributed by atoms with Crippen molar-refractivity contribution >= 4 is 5.82 Å². The Balaban J connectivity index is 1.44. The standard InChI is InChI=1S/C23H25F2N9/c1-2-8-32-9-6-17(7-10-32)33-14-16(13-28-33)15-11-18(22(26)27-12-15)23-29-30-31-34(23)20-5-3-4-19(24)21(20)25/h3-5,11-14,17H,2,6-10H2,1H3,(H2,26,27). The number of piperidine rings is 1. The van der Waals surface area contributed by atoms with Crippen molar-refractivity contribution in [3.05, 3.63) is 54.5 Å². The summed E-state index contributed by atoms with van der Waals surface area (Å²) >= 11 is 0. The summed E-state index contributed by atoms with van der Waals surface area (Å²) in [6, 6.07) is 5.95. The number of hydrogen-bond donors (Lipinski definition) is 1. The lowest BCUT2D eigenvalue weighted by Crippen LogP contribution is -2.35. The van der Waals surface area contributed by atoms with Crippen molar-refractivity contribution in [3.8, 4) is 28.2 Å². The highest BCUT2D eigenvalue weighted by molar-refractivity contribution is 5.76. The number of benzene rings is 1. The Morgan fingerprint density at radius 2 is 1.94 bits per heavy atom. The topological polar surface area (TPSA) is 104 Å². The fourth-order valence-electron chi connectivity index (χ4n) is 4.40. The molecule has 1 aliphatic heterocycles. The average molecular weight is 466 g/mol. The van der Waals surface area contributed by atoms with Crippen molar-refractivity contribution in [1.29, 1.82) is 0 Å². The molecule has 0 aliphatic carbocycles. The summed E-state index contributed by atoms with van der Waals surface area (Å²) in [5.41, 5.74) is 8.06. The molecule has 1 fully saturated rings. The Morgan fingerprint density at radius 1 is 1.12 bits per heavy atom. The molecule has 4 heterocycles. The maximum atomic E-state index is 14.4. The highest BCUT2D eigenvalue weighted by Crippen LogP contribution is 2.31. The summed E-state index contributed by atoms with van der Waals surface area (Å²) < 4.78 is 31.3. The summed E-state index contributed by atoms with van der Waals surface area (Å²) in [5, 5.41) is 16.1. The van der Waals surface area contributed by atoms with Gasteiger partial charge in [-0.25, -0.2) is 13.8 Å². The predicted molar refractivity (Wildman–Crippen MR) is 123 cm³/mol. The van der Waals surface area contributed by atoms with E-state index in [4.69, 9.17) is 5.73 Å². The summed E-state index contributed by atoms with van der Waals surface area (Å²) in [6.45, 7) is 5.48. The number of rotatable bonds is 6. The fraction of sp³-hybridized carbons (Fsp3) is 0.348. The first-order chi connectivity index (χ1) is 16.5. The van der Waals surface area contributed by atoms with Crippen molar-refractivity contribution in [2.75, 3.05) is 25.4 Å². The molecule has 0 spiro atoms. The minimum atomic E-state index is -1.05. The number of nitrogens with zero attached hydrogens (tertiary/aromatic N) is 8. The second-order valence-electron chi connectivity index (χ2n) is 8.43. The van der Waals surface area contributed by atoms with Gasteiger partial charge in [-0.3, -0.25) is 4.68 Å². The third kappa shape index (κ3) is 4.14. The van der Waals surface area contributed by atoms with Crippen LogP contribution in [0.5, 0.6) is 0 Å². The zero-order valence-electron chi connectivity index (χ0n) is 18.8. The number of likely N-dealkylation sites (tertiary alicyclic amines) is 1. The van der Waals surface area contributed by atoms with E-state index in [1.165, 1.54) is 12.1 Å². The maximum absolute atomic E-state index is 14.4. The first-order valence-corrected chi connectivity index (χ1v) is 11.3.